The number of halogens is 3. The number of pyridine rings is 1. The molecule has 1 aliphatic rings. The van der Waals surface area contributed by atoms with E-state index in [0.717, 1.165) is 29.0 Å². The summed E-state index contributed by atoms with van der Waals surface area (Å²) in [6.45, 7) is 4.97. The summed E-state index contributed by atoms with van der Waals surface area (Å²) in [5, 5.41) is 2.46. The molecule has 0 radical (unpaired) electrons. The van der Waals surface area contributed by atoms with Crippen LogP contribution in [0.5, 0.6) is 0 Å². The monoisotopic (exact) mass is 517 g/mol. The number of nitrogens with zero attached hydrogens (tertiary/aromatic N) is 2. The maximum Gasteiger partial charge on any atom is 0.416 e. The Labute approximate surface area is 208 Å². The van der Waals surface area contributed by atoms with Crippen LogP contribution in [0.1, 0.15) is 52.6 Å². The minimum atomic E-state index is -4.38. The average molecular weight is 518 g/mol. The molecule has 36 heavy (non-hydrogen) atoms. The van der Waals surface area contributed by atoms with Gasteiger partial charge in [0.05, 0.1) is 27.8 Å². The van der Waals surface area contributed by atoms with E-state index >= 15 is 0 Å². The van der Waals surface area contributed by atoms with E-state index in [1.165, 1.54) is 30.5 Å². The van der Waals surface area contributed by atoms with Crippen molar-refractivity contribution < 1.29 is 26.4 Å². The van der Waals surface area contributed by atoms with Gasteiger partial charge in [0.25, 0.3) is 5.91 Å². The molecule has 3 aromatic rings. The van der Waals surface area contributed by atoms with Gasteiger partial charge < -0.3 is 5.32 Å². The third kappa shape index (κ3) is 5.60. The van der Waals surface area contributed by atoms with Crippen molar-refractivity contribution in [2.45, 2.75) is 44.1 Å². The summed E-state index contributed by atoms with van der Waals surface area (Å²) in [5.74, 6) is -0.919. The van der Waals surface area contributed by atoms with Gasteiger partial charge in [0, 0.05) is 19.3 Å². The smallest absolute Gasteiger partial charge is 0.338 e. The highest BCUT2D eigenvalue weighted by Gasteiger charge is 2.35. The topological polar surface area (TPSA) is 79.4 Å². The standard InChI is InChI=1S/C26H26F3N3O3S/c1-17(2)24-23-20(15-32(24)14-18-8-10-21(11-9-18)26(27,28)29)12-19(13-30-23)25(33)31-16-36(34,35)22-6-4-3-5-7-22/h3-13,17,24H,14-16H2,1-2H3,(H,31,33)/t24-/m0/s1. The van der Waals surface area contributed by atoms with Crippen molar-refractivity contribution in [3.8, 4) is 0 Å². The van der Waals surface area contributed by atoms with Gasteiger partial charge in [-0.15, -0.1) is 0 Å². The fourth-order valence-electron chi connectivity index (χ4n) is 4.43. The number of alkyl halides is 3. The fourth-order valence-corrected chi connectivity index (χ4v) is 5.49. The predicted octanol–water partition coefficient (Wildman–Crippen LogP) is 4.97. The van der Waals surface area contributed by atoms with E-state index in [2.05, 4.69) is 15.2 Å². The summed E-state index contributed by atoms with van der Waals surface area (Å²) in [7, 11) is -3.68. The lowest BCUT2D eigenvalue weighted by atomic mass is 9.99. The van der Waals surface area contributed by atoms with Crippen LogP contribution < -0.4 is 5.32 Å². The molecule has 1 aromatic heterocycles. The summed E-state index contributed by atoms with van der Waals surface area (Å²) < 4.78 is 63.6. The molecule has 0 saturated carbocycles. The van der Waals surface area contributed by atoms with Gasteiger partial charge in [-0.2, -0.15) is 13.2 Å². The molecule has 0 fully saturated rings. The van der Waals surface area contributed by atoms with Gasteiger partial charge in [-0.05, 0) is 47.4 Å². The van der Waals surface area contributed by atoms with Gasteiger partial charge in [-0.25, -0.2) is 8.42 Å². The third-order valence-corrected chi connectivity index (χ3v) is 7.65. The highest BCUT2D eigenvalue weighted by atomic mass is 32.2. The zero-order valence-corrected chi connectivity index (χ0v) is 20.6. The lowest BCUT2D eigenvalue weighted by Crippen LogP contribution is -2.29. The number of carbonyl (C=O) groups is 1. The summed E-state index contributed by atoms with van der Waals surface area (Å²) in [6, 6.07) is 14.6. The van der Waals surface area contributed by atoms with Gasteiger partial charge in [-0.1, -0.05) is 44.2 Å². The Morgan fingerprint density at radius 2 is 1.78 bits per heavy atom. The summed E-state index contributed by atoms with van der Waals surface area (Å²) in [6.07, 6.45) is -2.95. The van der Waals surface area contributed by atoms with Crippen LogP contribution in [0.2, 0.25) is 0 Å². The summed E-state index contributed by atoms with van der Waals surface area (Å²) in [4.78, 5) is 19.5. The van der Waals surface area contributed by atoms with E-state index in [9.17, 15) is 26.4 Å². The zero-order valence-electron chi connectivity index (χ0n) is 19.8. The van der Waals surface area contributed by atoms with Crippen LogP contribution in [0.3, 0.4) is 0 Å². The molecule has 4 rings (SSSR count). The SMILES string of the molecule is CC(C)[C@H]1c2ncc(C(=O)NCS(=O)(=O)c3ccccc3)cc2CN1Cc1ccc(C(F)(F)F)cc1. The van der Waals surface area contributed by atoms with Crippen molar-refractivity contribution in [3.63, 3.8) is 0 Å². The second kappa shape index (κ2) is 10.0. The molecule has 2 heterocycles. The van der Waals surface area contributed by atoms with E-state index in [0.29, 0.717) is 13.1 Å². The number of hydrogen-bond acceptors (Lipinski definition) is 5. The van der Waals surface area contributed by atoms with E-state index in [1.54, 1.807) is 24.3 Å². The number of benzene rings is 2. The Bertz CT molecular complexity index is 1340. The van der Waals surface area contributed by atoms with Gasteiger partial charge in [0.15, 0.2) is 9.84 Å². The van der Waals surface area contributed by atoms with Gasteiger partial charge >= 0.3 is 6.18 Å². The Hall–Kier alpha value is -3.24. The van der Waals surface area contributed by atoms with Gasteiger partial charge in [-0.3, -0.25) is 14.7 Å². The molecule has 1 N–H and O–H groups in total. The first-order chi connectivity index (χ1) is 17.0. The first-order valence-corrected chi connectivity index (χ1v) is 13.1. The Balaban J connectivity index is 1.48. The molecule has 1 atom stereocenters. The number of carbonyl (C=O) groups excluding carboxylic acids is 1. The molecule has 1 aliphatic heterocycles. The van der Waals surface area contributed by atoms with Crippen LogP contribution in [-0.4, -0.2) is 30.1 Å². The molecule has 10 heteroatoms. The molecule has 6 nitrogen and oxygen atoms in total. The van der Waals surface area contributed by atoms with Crippen molar-refractivity contribution >= 4 is 15.7 Å². The van der Waals surface area contributed by atoms with Crippen molar-refractivity contribution in [1.29, 1.82) is 0 Å². The van der Waals surface area contributed by atoms with Crippen molar-refractivity contribution in [2.75, 3.05) is 5.88 Å². The molecule has 2 aromatic carbocycles. The number of sulfone groups is 1. The summed E-state index contributed by atoms with van der Waals surface area (Å²) >= 11 is 0. The van der Waals surface area contributed by atoms with Crippen molar-refractivity contribution in [1.82, 2.24) is 15.2 Å². The molecule has 0 bridgehead atoms. The second-order valence-electron chi connectivity index (χ2n) is 9.13. The Morgan fingerprint density at radius 1 is 1.11 bits per heavy atom. The molecule has 1 amide bonds. The molecule has 0 saturated heterocycles. The van der Waals surface area contributed by atoms with E-state index in [4.69, 9.17) is 0 Å². The molecule has 0 aliphatic carbocycles. The molecular formula is C26H26F3N3O3S. The molecule has 0 unspecified atom stereocenters. The van der Waals surface area contributed by atoms with Gasteiger partial charge in [0.1, 0.15) is 5.88 Å². The normalized spacial score (nSPS) is 16.2. The number of amides is 1. The molecular weight excluding hydrogens is 491 g/mol. The van der Waals surface area contributed by atoms with Crippen molar-refractivity contribution in [3.05, 3.63) is 94.8 Å². The quantitative estimate of drug-likeness (QED) is 0.479. The summed E-state index contributed by atoms with van der Waals surface area (Å²) in [5.41, 5.74) is 1.94. The van der Waals surface area contributed by atoms with Crippen molar-refractivity contribution in [2.24, 2.45) is 5.92 Å². The Morgan fingerprint density at radius 3 is 2.39 bits per heavy atom. The number of hydrogen-bond donors (Lipinski definition) is 1. The minimum Gasteiger partial charge on any atom is -0.338 e. The second-order valence-corrected chi connectivity index (χ2v) is 11.1. The first-order valence-electron chi connectivity index (χ1n) is 11.4. The number of aromatic nitrogens is 1. The zero-order chi connectivity index (χ0) is 26.1. The highest BCUT2D eigenvalue weighted by Crippen LogP contribution is 2.39. The fraction of sp³-hybridized carbons (Fsp3) is 0.308. The van der Waals surface area contributed by atoms with Gasteiger partial charge in [0.2, 0.25) is 0 Å². The van der Waals surface area contributed by atoms with E-state index in [1.807, 2.05) is 13.8 Å². The maximum atomic E-state index is 12.9. The maximum absolute atomic E-state index is 12.9. The third-order valence-electron chi connectivity index (χ3n) is 6.13. The van der Waals surface area contributed by atoms with Crippen LogP contribution in [0.25, 0.3) is 0 Å². The average Bonchev–Trinajstić information content (AvgIpc) is 3.20. The number of rotatable bonds is 7. The molecule has 190 valence electrons. The van der Waals surface area contributed by atoms with Crippen LogP contribution in [0.15, 0.2) is 71.8 Å². The van der Waals surface area contributed by atoms with Crippen LogP contribution >= 0.6 is 0 Å². The lowest BCUT2D eigenvalue weighted by molar-refractivity contribution is -0.137. The van der Waals surface area contributed by atoms with Crippen LogP contribution in [0.4, 0.5) is 13.2 Å². The highest BCUT2D eigenvalue weighted by molar-refractivity contribution is 7.91. The number of fused-ring (bicyclic) bond motifs is 1. The number of nitrogens with one attached hydrogen (secondary N) is 1. The molecule has 0 spiro atoms. The van der Waals surface area contributed by atoms with Crippen LogP contribution in [0, 0.1) is 5.92 Å². The predicted molar refractivity (Wildman–Crippen MR) is 128 cm³/mol. The minimum absolute atomic E-state index is 0.0714. The Kier molecular flexibility index (Phi) is 7.19. The van der Waals surface area contributed by atoms with Crippen LogP contribution in [-0.2, 0) is 29.1 Å². The lowest BCUT2D eigenvalue weighted by Gasteiger charge is -2.27. The van der Waals surface area contributed by atoms with E-state index in [-0.39, 0.29) is 22.4 Å². The first kappa shape index (κ1) is 25.8. The van der Waals surface area contributed by atoms with E-state index < -0.39 is 33.4 Å². The largest absolute Gasteiger partial charge is 0.416 e.